The zero-order valence-electron chi connectivity index (χ0n) is 20.8. The van der Waals surface area contributed by atoms with Crippen LogP contribution in [0.3, 0.4) is 0 Å². The fraction of sp³-hybridized carbons (Fsp3) is 0.138. The van der Waals surface area contributed by atoms with Gasteiger partial charge in [-0.15, -0.1) is 0 Å². The number of anilines is 2. The molecule has 1 unspecified atom stereocenters. The van der Waals surface area contributed by atoms with E-state index in [9.17, 15) is 23.1 Å². The predicted octanol–water partition coefficient (Wildman–Crippen LogP) is 6.98. The van der Waals surface area contributed by atoms with Gasteiger partial charge >= 0.3 is 12.2 Å². The molecule has 4 N–H and O–H groups in total. The monoisotopic (exact) mass is 609 g/mol. The van der Waals surface area contributed by atoms with Gasteiger partial charge in [0.2, 0.25) is 0 Å². The first-order valence-electron chi connectivity index (χ1n) is 12.2. The summed E-state index contributed by atoms with van der Waals surface area (Å²) in [5, 5.41) is 19.1. The van der Waals surface area contributed by atoms with Crippen molar-refractivity contribution in [2.45, 2.75) is 25.2 Å². The van der Waals surface area contributed by atoms with E-state index in [1.54, 1.807) is 42.6 Å². The van der Waals surface area contributed by atoms with Gasteiger partial charge in [-0.05, 0) is 76.1 Å². The number of para-hydroxylation sites is 1. The Morgan fingerprint density at radius 1 is 1.00 bits per heavy atom. The number of benzene rings is 3. The van der Waals surface area contributed by atoms with Crippen LogP contribution in [-0.2, 0) is 12.7 Å². The third kappa shape index (κ3) is 6.42. The molecule has 0 saturated carbocycles. The van der Waals surface area contributed by atoms with Gasteiger partial charge in [0, 0.05) is 41.8 Å². The van der Waals surface area contributed by atoms with Crippen molar-refractivity contribution in [2.75, 3.05) is 10.6 Å². The molecule has 5 rings (SSSR count). The topological polar surface area (TPSA) is 98.1 Å². The molecule has 2 aliphatic heterocycles. The Labute approximate surface area is 236 Å². The van der Waals surface area contributed by atoms with E-state index in [4.69, 9.17) is 4.99 Å². The van der Waals surface area contributed by atoms with Gasteiger partial charge in [0.05, 0.1) is 27.5 Å². The number of carbonyl (C=O) groups is 1. The molecule has 1 atom stereocenters. The van der Waals surface area contributed by atoms with E-state index in [1.807, 2.05) is 18.2 Å². The number of hydrogen-bond acceptors (Lipinski definition) is 5. The Balaban J connectivity index is 1.26. The summed E-state index contributed by atoms with van der Waals surface area (Å²) in [6.45, 7) is 0.437. The molecule has 204 valence electrons. The van der Waals surface area contributed by atoms with Crippen LogP contribution in [0.25, 0.3) is 0 Å². The van der Waals surface area contributed by atoms with Crippen molar-refractivity contribution in [1.82, 2.24) is 5.32 Å². The van der Waals surface area contributed by atoms with Crippen LogP contribution in [0, 0.1) is 0 Å². The molecule has 7 nitrogen and oxygen atoms in total. The lowest BCUT2D eigenvalue weighted by Crippen LogP contribution is -2.20. The molecule has 0 saturated heterocycles. The molecule has 0 fully saturated rings. The maximum Gasteiger partial charge on any atom is 0.416 e. The number of phenols is 1. The minimum absolute atomic E-state index is 0.124. The average molecular weight is 610 g/mol. The largest absolute Gasteiger partial charge is 0.507 e. The number of aromatic hydroxyl groups is 1. The average Bonchev–Trinajstić information content (AvgIpc) is 3.14. The van der Waals surface area contributed by atoms with Gasteiger partial charge in [0.1, 0.15) is 5.75 Å². The van der Waals surface area contributed by atoms with Crippen molar-refractivity contribution >= 4 is 45.3 Å². The van der Waals surface area contributed by atoms with Gasteiger partial charge < -0.3 is 21.1 Å². The lowest BCUT2D eigenvalue weighted by Gasteiger charge is -2.14. The highest BCUT2D eigenvalue weighted by Gasteiger charge is 2.30. The predicted molar refractivity (Wildman–Crippen MR) is 153 cm³/mol. The van der Waals surface area contributed by atoms with Gasteiger partial charge in [-0.1, -0.05) is 24.3 Å². The van der Waals surface area contributed by atoms with Gasteiger partial charge in [-0.25, -0.2) is 9.79 Å². The van der Waals surface area contributed by atoms with Gasteiger partial charge in [0.25, 0.3) is 0 Å². The fourth-order valence-corrected chi connectivity index (χ4v) is 4.76. The van der Waals surface area contributed by atoms with E-state index < -0.39 is 17.8 Å². The molecule has 0 bridgehead atoms. The van der Waals surface area contributed by atoms with Crippen LogP contribution in [0.4, 0.5) is 29.3 Å². The smallest absolute Gasteiger partial charge is 0.416 e. The lowest BCUT2D eigenvalue weighted by atomic mass is 10.1. The molecule has 0 aliphatic carbocycles. The Bertz CT molecular complexity index is 1560. The van der Waals surface area contributed by atoms with E-state index in [1.165, 1.54) is 12.1 Å². The molecule has 0 spiro atoms. The second-order valence-electron chi connectivity index (χ2n) is 9.12. The van der Waals surface area contributed by atoms with Crippen molar-refractivity contribution in [3.8, 4) is 5.75 Å². The minimum Gasteiger partial charge on any atom is -0.507 e. The first-order valence-corrected chi connectivity index (χ1v) is 13.0. The summed E-state index contributed by atoms with van der Waals surface area (Å²) in [6.07, 6.45) is -0.232. The summed E-state index contributed by atoms with van der Waals surface area (Å²) in [7, 11) is 0. The Morgan fingerprint density at radius 3 is 2.50 bits per heavy atom. The van der Waals surface area contributed by atoms with E-state index >= 15 is 0 Å². The highest BCUT2D eigenvalue weighted by Crippen LogP contribution is 2.32. The molecule has 3 aromatic carbocycles. The molecule has 3 aromatic rings. The molecule has 2 amide bonds. The van der Waals surface area contributed by atoms with Crippen molar-refractivity contribution < 1.29 is 23.1 Å². The number of amides is 2. The normalized spacial score (nSPS) is 16.6. The third-order valence-corrected chi connectivity index (χ3v) is 6.86. The minimum atomic E-state index is -4.44. The summed E-state index contributed by atoms with van der Waals surface area (Å²) in [5.41, 5.74) is 3.72. The molecule has 40 heavy (non-hydrogen) atoms. The van der Waals surface area contributed by atoms with Crippen LogP contribution in [0.15, 0.2) is 105 Å². The summed E-state index contributed by atoms with van der Waals surface area (Å²) < 4.78 is 39.1. The van der Waals surface area contributed by atoms with E-state index in [-0.39, 0.29) is 17.5 Å². The SMILES string of the molecule is O=C(Nc1ccc(C(F)(F)F)cc1)Nc1cccc(CNC2=CC(c3ccccc3O)=NC3=C(Br)C=NC3C2)c1. The maximum absolute atomic E-state index is 12.8. The van der Waals surface area contributed by atoms with Gasteiger partial charge in [0.15, 0.2) is 0 Å². The number of nitrogens with zero attached hydrogens (tertiary/aromatic N) is 2. The maximum atomic E-state index is 12.8. The number of carbonyl (C=O) groups excluding carboxylic acids is 1. The quantitative estimate of drug-likeness (QED) is 0.243. The number of allylic oxidation sites excluding steroid dienone is 2. The number of urea groups is 1. The van der Waals surface area contributed by atoms with Crippen LogP contribution >= 0.6 is 15.9 Å². The molecular formula is C29H23BrF3N5O2. The molecular weight excluding hydrogens is 587 g/mol. The number of hydrogen-bond donors (Lipinski definition) is 4. The van der Waals surface area contributed by atoms with Crippen LogP contribution in [0.5, 0.6) is 5.75 Å². The third-order valence-electron chi connectivity index (χ3n) is 6.25. The van der Waals surface area contributed by atoms with Gasteiger partial charge in [-0.2, -0.15) is 13.2 Å². The summed E-state index contributed by atoms with van der Waals surface area (Å²) in [5.74, 6) is 0.124. The van der Waals surface area contributed by atoms with E-state index in [0.717, 1.165) is 33.6 Å². The molecule has 11 heteroatoms. The van der Waals surface area contributed by atoms with Crippen LogP contribution in [0.1, 0.15) is 23.1 Å². The number of fused-ring (bicyclic) bond motifs is 1. The molecule has 0 radical (unpaired) electrons. The number of halogens is 4. The fourth-order valence-electron chi connectivity index (χ4n) is 4.28. The van der Waals surface area contributed by atoms with Crippen LogP contribution in [-0.4, -0.2) is 29.1 Å². The van der Waals surface area contributed by atoms with Crippen molar-refractivity contribution in [3.05, 3.63) is 111 Å². The second-order valence-corrected chi connectivity index (χ2v) is 9.98. The zero-order chi connectivity index (χ0) is 28.3. The second kappa shape index (κ2) is 11.4. The van der Waals surface area contributed by atoms with Crippen LogP contribution in [0.2, 0.25) is 0 Å². The Hall–Kier alpha value is -4.38. The summed E-state index contributed by atoms with van der Waals surface area (Å²) >= 11 is 3.52. The number of rotatable bonds is 6. The summed E-state index contributed by atoms with van der Waals surface area (Å²) in [6, 6.07) is 17.7. The van der Waals surface area contributed by atoms with Gasteiger partial charge in [-0.3, -0.25) is 4.99 Å². The number of nitrogens with one attached hydrogen (secondary N) is 3. The molecule has 2 heterocycles. The first-order chi connectivity index (χ1) is 19.2. The zero-order valence-corrected chi connectivity index (χ0v) is 22.4. The van der Waals surface area contributed by atoms with E-state index in [2.05, 4.69) is 36.9 Å². The van der Waals surface area contributed by atoms with Crippen LogP contribution < -0.4 is 16.0 Å². The molecule has 0 aromatic heterocycles. The van der Waals surface area contributed by atoms with Crippen molar-refractivity contribution in [2.24, 2.45) is 9.98 Å². The number of aliphatic imine (C=N–C) groups is 2. The Kier molecular flexibility index (Phi) is 7.74. The number of phenolic OH excluding ortho intramolecular Hbond substituents is 1. The van der Waals surface area contributed by atoms with Crippen molar-refractivity contribution in [3.63, 3.8) is 0 Å². The first kappa shape index (κ1) is 27.2. The number of alkyl halides is 3. The molecule has 2 aliphatic rings. The van der Waals surface area contributed by atoms with Crippen molar-refractivity contribution in [1.29, 1.82) is 0 Å². The lowest BCUT2D eigenvalue weighted by molar-refractivity contribution is -0.137. The highest BCUT2D eigenvalue weighted by molar-refractivity contribution is 9.12. The standard InChI is InChI=1S/C29H23BrF3N5O2/c30-23-16-35-25-14-21(13-24(38-27(23)25)22-6-1-2-7-26(22)39)34-15-17-4-3-5-20(12-17)37-28(40)36-19-10-8-18(9-11-19)29(31,32)33/h1-13,16,25,34,39H,14-15H2,(H2,36,37,40). The summed E-state index contributed by atoms with van der Waals surface area (Å²) in [4.78, 5) is 21.8. The highest BCUT2D eigenvalue weighted by atomic mass is 79.9. The van der Waals surface area contributed by atoms with E-state index in [0.29, 0.717) is 29.9 Å². The Morgan fingerprint density at radius 2 is 1.75 bits per heavy atom.